The fourth-order valence-corrected chi connectivity index (χ4v) is 9.87. The first-order valence-electron chi connectivity index (χ1n) is 17.9. The Labute approximate surface area is 298 Å². The molecule has 4 saturated heterocycles. The first-order chi connectivity index (χ1) is 24.7. The van der Waals surface area contributed by atoms with Crippen molar-refractivity contribution in [1.82, 2.24) is 29.6 Å². The molecule has 1 aromatic carbocycles. The number of fused-ring (bicyclic) bond motifs is 5. The minimum absolute atomic E-state index is 0.161. The van der Waals surface area contributed by atoms with E-state index in [4.69, 9.17) is 34.3 Å². The van der Waals surface area contributed by atoms with Crippen LogP contribution >= 0.6 is 11.3 Å². The number of nitriles is 1. The summed E-state index contributed by atoms with van der Waals surface area (Å²) in [5.41, 5.74) is 2.22. The fraction of sp³-hybridized carbons (Fsp3) is 0.541. The molecular weight excluding hydrogens is 672 g/mol. The molecule has 0 amide bonds. The van der Waals surface area contributed by atoms with Crippen molar-refractivity contribution < 1.29 is 23.7 Å². The molecule has 4 aliphatic heterocycles. The number of aromatic nitrogens is 5. The molecule has 1 N–H and O–H groups in total. The van der Waals surface area contributed by atoms with Crippen molar-refractivity contribution in [3.8, 4) is 23.3 Å². The van der Waals surface area contributed by atoms with Crippen LogP contribution in [0.2, 0.25) is 0 Å². The van der Waals surface area contributed by atoms with E-state index < -0.39 is 11.8 Å². The third-order valence-electron chi connectivity index (χ3n) is 11.1. The number of nitrogens with zero attached hydrogens (tertiary/aromatic N) is 8. The highest BCUT2D eigenvalue weighted by Gasteiger charge is 2.49. The van der Waals surface area contributed by atoms with Gasteiger partial charge in [-0.25, -0.2) is 9.07 Å². The molecule has 12 nitrogen and oxygen atoms in total. The van der Waals surface area contributed by atoms with Gasteiger partial charge in [0.1, 0.15) is 35.1 Å². The van der Waals surface area contributed by atoms with Crippen LogP contribution in [0.1, 0.15) is 62.8 Å². The van der Waals surface area contributed by atoms with E-state index in [2.05, 4.69) is 11.0 Å². The predicted octanol–water partition coefficient (Wildman–Crippen LogP) is 5.68. The molecule has 14 heteroatoms. The number of aryl methyl sites for hydroxylation is 1. The molecular formula is C37H41FN8O4S. The van der Waals surface area contributed by atoms with Crippen LogP contribution < -0.4 is 9.64 Å². The van der Waals surface area contributed by atoms with Gasteiger partial charge >= 0.3 is 6.01 Å². The zero-order valence-corrected chi connectivity index (χ0v) is 29.7. The van der Waals surface area contributed by atoms with Gasteiger partial charge in [0.15, 0.2) is 6.23 Å². The third-order valence-corrected chi connectivity index (χ3v) is 12.2. The Morgan fingerprint density at radius 1 is 1.20 bits per heavy atom. The molecule has 4 aliphatic rings. The average molecular weight is 713 g/mol. The van der Waals surface area contributed by atoms with Crippen molar-refractivity contribution in [2.24, 2.45) is 0 Å². The Kier molecular flexibility index (Phi) is 8.12. The monoisotopic (exact) mass is 712 g/mol. The summed E-state index contributed by atoms with van der Waals surface area (Å²) in [5.74, 6) is 0.636. The first kappa shape index (κ1) is 32.9. The van der Waals surface area contributed by atoms with E-state index >= 15 is 0 Å². The van der Waals surface area contributed by atoms with E-state index in [9.17, 15) is 14.8 Å². The van der Waals surface area contributed by atoms with Crippen LogP contribution in [-0.2, 0) is 9.47 Å². The van der Waals surface area contributed by atoms with Crippen LogP contribution in [-0.4, -0.2) is 105 Å². The number of thiophene rings is 1. The Morgan fingerprint density at radius 2 is 2.10 bits per heavy atom. The number of halogens is 1. The van der Waals surface area contributed by atoms with Crippen LogP contribution in [0, 0.1) is 18.3 Å². The van der Waals surface area contributed by atoms with E-state index in [1.165, 1.54) is 11.3 Å². The van der Waals surface area contributed by atoms with Crippen LogP contribution in [0.5, 0.6) is 6.01 Å². The third kappa shape index (κ3) is 5.61. The van der Waals surface area contributed by atoms with Crippen molar-refractivity contribution in [1.29, 1.82) is 5.26 Å². The second-order valence-corrected chi connectivity index (χ2v) is 15.9. The van der Waals surface area contributed by atoms with E-state index in [0.717, 1.165) is 76.2 Å². The quantitative estimate of drug-likeness (QED) is 0.233. The Balaban J connectivity index is 1.21. The summed E-state index contributed by atoms with van der Waals surface area (Å²) in [6.07, 6.45) is 7.89. The molecule has 0 radical (unpaired) electrons. The summed E-state index contributed by atoms with van der Waals surface area (Å²) in [5, 5.41) is 29.0. The van der Waals surface area contributed by atoms with E-state index in [1.54, 1.807) is 13.1 Å². The Hall–Kier alpha value is -4.00. The Bertz CT molecular complexity index is 2190. The highest BCUT2D eigenvalue weighted by atomic mass is 32.1. The molecule has 4 atom stereocenters. The standard InChI is InChI=1S/C37H41FN8O4S/c1-22-14-27-26(17-41-46(27)28-6-3-4-12-49-28)29(25(22)16-39)31-32-24(7-9-40-31)30-33(44-11-13-48-20-36(2,47)19-44)42-35(43-34(30)51-32)50-21-37-8-5-10-45(37)18-23(38)15-37/h7,9,14,17,23,28,47H,3-6,8,10-13,15,18-21H2,1-2H3/t23-,28?,36+,37+/m1/s1. The van der Waals surface area contributed by atoms with Gasteiger partial charge in [-0.1, -0.05) is 0 Å². The van der Waals surface area contributed by atoms with E-state index in [0.29, 0.717) is 67.8 Å². The molecule has 5 aromatic rings. The minimum Gasteiger partial charge on any atom is -0.461 e. The summed E-state index contributed by atoms with van der Waals surface area (Å²) < 4.78 is 35.7. The SMILES string of the molecule is Cc1cc2c(cnn2C2CCCCO2)c(-c2nccc3c2sc2nc(OC[C@@]45CCCN4C[C@H](F)C5)nc(N4CCOC[C@@](C)(O)C4)c23)c1C#N. The molecule has 0 spiro atoms. The summed E-state index contributed by atoms with van der Waals surface area (Å²) >= 11 is 1.48. The van der Waals surface area contributed by atoms with Gasteiger partial charge < -0.3 is 24.2 Å². The number of hydrogen-bond acceptors (Lipinski definition) is 12. The summed E-state index contributed by atoms with van der Waals surface area (Å²) in [7, 11) is 0. The summed E-state index contributed by atoms with van der Waals surface area (Å²) in [6.45, 7) is 7.46. The van der Waals surface area contributed by atoms with Gasteiger partial charge in [-0.05, 0) is 70.2 Å². The second kappa shape index (κ2) is 12.6. The predicted molar refractivity (Wildman–Crippen MR) is 192 cm³/mol. The highest BCUT2D eigenvalue weighted by molar-refractivity contribution is 7.26. The average Bonchev–Trinajstić information content (AvgIpc) is 3.86. The van der Waals surface area contributed by atoms with Gasteiger partial charge in [-0.15, -0.1) is 11.3 Å². The van der Waals surface area contributed by atoms with Gasteiger partial charge in [0.2, 0.25) is 0 Å². The lowest BCUT2D eigenvalue weighted by atomic mass is 9.95. The lowest BCUT2D eigenvalue weighted by Gasteiger charge is -2.31. The number of hydrogen-bond donors (Lipinski definition) is 1. The number of alkyl halides is 1. The second-order valence-electron chi connectivity index (χ2n) is 14.9. The van der Waals surface area contributed by atoms with Crippen molar-refractivity contribution in [2.45, 2.75) is 75.9 Å². The highest BCUT2D eigenvalue weighted by Crippen LogP contribution is 2.46. The topological polar surface area (TPSA) is 135 Å². The van der Waals surface area contributed by atoms with Gasteiger partial charge in [0, 0.05) is 48.6 Å². The number of β-amino-alcohol motifs (C(OH)–C–C–N with tert-alkyl or cyclic N) is 1. The molecule has 1 unspecified atom stereocenters. The van der Waals surface area contributed by atoms with Crippen LogP contribution in [0.3, 0.4) is 0 Å². The maximum Gasteiger partial charge on any atom is 0.319 e. The number of benzene rings is 1. The molecule has 0 bridgehead atoms. The molecule has 266 valence electrons. The van der Waals surface area contributed by atoms with Crippen LogP contribution in [0.4, 0.5) is 10.2 Å². The van der Waals surface area contributed by atoms with Crippen LogP contribution in [0.15, 0.2) is 24.5 Å². The zero-order chi connectivity index (χ0) is 34.9. The Morgan fingerprint density at radius 3 is 2.94 bits per heavy atom. The van der Waals surface area contributed by atoms with Gasteiger partial charge in [-0.2, -0.15) is 20.3 Å². The van der Waals surface area contributed by atoms with Crippen molar-refractivity contribution >= 4 is 48.4 Å². The molecule has 51 heavy (non-hydrogen) atoms. The van der Waals surface area contributed by atoms with Gasteiger partial charge in [0.25, 0.3) is 0 Å². The number of anilines is 1. The number of pyridine rings is 1. The van der Waals surface area contributed by atoms with Crippen LogP contribution in [0.25, 0.3) is 42.5 Å². The molecule has 0 aliphatic carbocycles. The molecule has 8 heterocycles. The fourth-order valence-electron chi connectivity index (χ4n) is 8.72. The molecule has 4 aromatic heterocycles. The molecule has 0 saturated carbocycles. The lowest BCUT2D eigenvalue weighted by molar-refractivity contribution is -0.0366. The van der Waals surface area contributed by atoms with E-state index in [1.807, 2.05) is 34.8 Å². The molecule has 4 fully saturated rings. The number of aliphatic hydroxyl groups is 1. The van der Waals surface area contributed by atoms with E-state index in [-0.39, 0.29) is 24.4 Å². The first-order valence-corrected chi connectivity index (χ1v) is 18.7. The van der Waals surface area contributed by atoms with Crippen molar-refractivity contribution in [3.63, 3.8) is 0 Å². The van der Waals surface area contributed by atoms with Crippen molar-refractivity contribution in [2.75, 3.05) is 57.5 Å². The zero-order valence-electron chi connectivity index (χ0n) is 28.9. The largest absolute Gasteiger partial charge is 0.461 e. The number of rotatable bonds is 6. The number of ether oxygens (including phenoxy) is 3. The minimum atomic E-state index is -1.10. The van der Waals surface area contributed by atoms with Crippen molar-refractivity contribution in [3.05, 3.63) is 35.7 Å². The summed E-state index contributed by atoms with van der Waals surface area (Å²) in [6, 6.07) is 6.67. The molecule has 9 rings (SSSR count). The maximum atomic E-state index is 14.6. The normalized spacial score (nSPS) is 27.3. The van der Waals surface area contributed by atoms with Gasteiger partial charge in [0.05, 0.1) is 58.4 Å². The smallest absolute Gasteiger partial charge is 0.319 e. The lowest BCUT2D eigenvalue weighted by Crippen LogP contribution is -2.43. The maximum absolute atomic E-state index is 14.6. The summed E-state index contributed by atoms with van der Waals surface area (Å²) in [4.78, 5) is 19.9. The van der Waals surface area contributed by atoms with Gasteiger partial charge in [-0.3, -0.25) is 9.88 Å².